The van der Waals surface area contributed by atoms with Gasteiger partial charge in [-0.1, -0.05) is 29.8 Å². The molecule has 2 rings (SSSR count). The summed E-state index contributed by atoms with van der Waals surface area (Å²) in [6.45, 7) is 0.345. The molecule has 0 bridgehead atoms. The summed E-state index contributed by atoms with van der Waals surface area (Å²) in [5, 5.41) is 0.666. The summed E-state index contributed by atoms with van der Waals surface area (Å²) >= 11 is 5.98. The van der Waals surface area contributed by atoms with Crippen molar-refractivity contribution in [2.75, 3.05) is 5.73 Å². The molecule has 1 aromatic heterocycles. The molecule has 0 amide bonds. The van der Waals surface area contributed by atoms with Gasteiger partial charge >= 0.3 is 0 Å². The van der Waals surface area contributed by atoms with Gasteiger partial charge in [-0.3, -0.25) is 4.98 Å². The van der Waals surface area contributed by atoms with Gasteiger partial charge in [0.25, 0.3) is 0 Å². The molecule has 82 valence electrons. The third-order valence-electron chi connectivity index (χ3n) is 1.96. The smallest absolute Gasteiger partial charge is 0.234 e. The van der Waals surface area contributed by atoms with Gasteiger partial charge in [0, 0.05) is 10.6 Å². The Morgan fingerprint density at radius 3 is 2.81 bits per heavy atom. The van der Waals surface area contributed by atoms with Crippen molar-refractivity contribution in [2.45, 2.75) is 6.61 Å². The lowest BCUT2D eigenvalue weighted by atomic mass is 10.2. The number of benzene rings is 1. The van der Waals surface area contributed by atoms with E-state index in [2.05, 4.69) is 9.97 Å². The highest BCUT2D eigenvalue weighted by Gasteiger charge is 2.01. The van der Waals surface area contributed by atoms with Crippen LogP contribution in [-0.4, -0.2) is 9.97 Å². The largest absolute Gasteiger partial charge is 0.472 e. The van der Waals surface area contributed by atoms with E-state index in [0.717, 1.165) is 5.56 Å². The quantitative estimate of drug-likeness (QED) is 0.887. The molecule has 1 aromatic carbocycles. The first-order valence-corrected chi connectivity index (χ1v) is 5.07. The molecular formula is C11H10ClN3O. The normalized spacial score (nSPS) is 10.1. The number of nitrogens with zero attached hydrogens (tertiary/aromatic N) is 2. The van der Waals surface area contributed by atoms with Gasteiger partial charge in [-0.15, -0.1) is 0 Å². The summed E-state index contributed by atoms with van der Waals surface area (Å²) in [5.41, 5.74) is 6.37. The molecule has 0 atom stereocenters. The summed E-state index contributed by atoms with van der Waals surface area (Å²) in [7, 11) is 0. The van der Waals surface area contributed by atoms with E-state index in [1.807, 2.05) is 24.3 Å². The predicted molar refractivity (Wildman–Crippen MR) is 62.2 cm³/mol. The van der Waals surface area contributed by atoms with Crippen LogP contribution in [0, 0.1) is 0 Å². The van der Waals surface area contributed by atoms with Crippen molar-refractivity contribution in [1.29, 1.82) is 0 Å². The average molecular weight is 236 g/mol. The van der Waals surface area contributed by atoms with E-state index in [-0.39, 0.29) is 0 Å². The second kappa shape index (κ2) is 4.81. The Morgan fingerprint density at radius 1 is 1.25 bits per heavy atom. The fourth-order valence-corrected chi connectivity index (χ4v) is 1.39. The number of nitrogens with two attached hydrogens (primary N) is 1. The Kier molecular flexibility index (Phi) is 3.22. The number of hydrogen-bond acceptors (Lipinski definition) is 4. The first-order valence-electron chi connectivity index (χ1n) is 4.69. The Hall–Kier alpha value is -1.81. The highest BCUT2D eigenvalue weighted by atomic mass is 35.5. The highest BCUT2D eigenvalue weighted by Crippen LogP contribution is 2.17. The second-order valence-corrected chi connectivity index (χ2v) is 3.57. The van der Waals surface area contributed by atoms with Gasteiger partial charge in [-0.25, -0.2) is 0 Å². The van der Waals surface area contributed by atoms with E-state index in [1.165, 1.54) is 12.4 Å². The van der Waals surface area contributed by atoms with Gasteiger partial charge < -0.3 is 10.5 Å². The van der Waals surface area contributed by atoms with Crippen LogP contribution in [0.5, 0.6) is 5.88 Å². The molecule has 0 radical (unpaired) electrons. The zero-order chi connectivity index (χ0) is 11.4. The molecule has 0 aliphatic heterocycles. The maximum Gasteiger partial charge on any atom is 0.234 e. The monoisotopic (exact) mass is 235 g/mol. The molecule has 0 saturated heterocycles. The van der Waals surface area contributed by atoms with Crippen molar-refractivity contribution in [2.24, 2.45) is 0 Å². The second-order valence-electron chi connectivity index (χ2n) is 3.16. The molecule has 2 aromatic rings. The van der Waals surface area contributed by atoms with Crippen molar-refractivity contribution < 1.29 is 4.74 Å². The molecule has 0 saturated carbocycles. The van der Waals surface area contributed by atoms with Crippen LogP contribution >= 0.6 is 11.6 Å². The van der Waals surface area contributed by atoms with Crippen LogP contribution in [0.4, 0.5) is 5.82 Å². The van der Waals surface area contributed by atoms with E-state index in [9.17, 15) is 0 Å². The number of halogens is 1. The number of ether oxygens (including phenoxy) is 1. The third-order valence-corrected chi connectivity index (χ3v) is 2.33. The van der Waals surface area contributed by atoms with Crippen molar-refractivity contribution in [3.8, 4) is 5.88 Å². The van der Waals surface area contributed by atoms with Gasteiger partial charge in [0.15, 0.2) is 0 Å². The molecule has 0 aliphatic rings. The van der Waals surface area contributed by atoms with Crippen LogP contribution in [0.2, 0.25) is 5.02 Å². The number of rotatable bonds is 3. The molecule has 4 nitrogen and oxygen atoms in total. The van der Waals surface area contributed by atoms with E-state index in [0.29, 0.717) is 23.3 Å². The van der Waals surface area contributed by atoms with Gasteiger partial charge in [0.2, 0.25) is 5.88 Å². The van der Waals surface area contributed by atoms with Crippen molar-refractivity contribution >= 4 is 17.4 Å². The Labute approximate surface area is 98.0 Å². The van der Waals surface area contributed by atoms with Crippen LogP contribution in [0.25, 0.3) is 0 Å². The zero-order valence-corrected chi connectivity index (χ0v) is 9.19. The molecule has 0 aliphatic carbocycles. The number of nitrogen functional groups attached to an aromatic ring is 1. The molecule has 16 heavy (non-hydrogen) atoms. The summed E-state index contributed by atoms with van der Waals surface area (Å²) < 4.78 is 5.42. The van der Waals surface area contributed by atoms with E-state index < -0.39 is 0 Å². The summed E-state index contributed by atoms with van der Waals surface area (Å²) in [6.07, 6.45) is 2.97. The highest BCUT2D eigenvalue weighted by molar-refractivity contribution is 6.31. The van der Waals surface area contributed by atoms with Crippen molar-refractivity contribution in [3.63, 3.8) is 0 Å². The fraction of sp³-hybridized carbons (Fsp3) is 0.0909. The van der Waals surface area contributed by atoms with Gasteiger partial charge in [-0.2, -0.15) is 4.98 Å². The lowest BCUT2D eigenvalue weighted by Gasteiger charge is -2.06. The standard InChI is InChI=1S/C11H10ClN3O/c12-9-4-2-1-3-8(9)7-16-11-6-14-5-10(13)15-11/h1-6H,7H2,(H2,13,15). The van der Waals surface area contributed by atoms with E-state index in [4.69, 9.17) is 22.1 Å². The van der Waals surface area contributed by atoms with E-state index >= 15 is 0 Å². The van der Waals surface area contributed by atoms with Crippen molar-refractivity contribution in [1.82, 2.24) is 9.97 Å². The minimum absolute atomic E-state index is 0.330. The fourth-order valence-electron chi connectivity index (χ4n) is 1.20. The lowest BCUT2D eigenvalue weighted by Crippen LogP contribution is -2.00. The molecule has 1 heterocycles. The van der Waals surface area contributed by atoms with Gasteiger partial charge in [0.05, 0.1) is 12.4 Å². The molecule has 2 N–H and O–H groups in total. The van der Waals surface area contributed by atoms with Crippen LogP contribution in [0.15, 0.2) is 36.7 Å². The number of hydrogen-bond donors (Lipinski definition) is 1. The zero-order valence-electron chi connectivity index (χ0n) is 8.43. The predicted octanol–water partition coefficient (Wildman–Crippen LogP) is 2.29. The Morgan fingerprint density at radius 2 is 2.06 bits per heavy atom. The SMILES string of the molecule is Nc1cncc(OCc2ccccc2Cl)n1. The maximum atomic E-state index is 5.98. The first kappa shape index (κ1) is 10.7. The average Bonchev–Trinajstić information content (AvgIpc) is 2.28. The minimum atomic E-state index is 0.330. The Balaban J connectivity index is 2.05. The summed E-state index contributed by atoms with van der Waals surface area (Å²) in [5.74, 6) is 0.719. The van der Waals surface area contributed by atoms with Gasteiger partial charge in [0.1, 0.15) is 12.4 Å². The topological polar surface area (TPSA) is 61.0 Å². The summed E-state index contributed by atoms with van der Waals surface area (Å²) in [6, 6.07) is 7.47. The number of aromatic nitrogens is 2. The number of anilines is 1. The summed E-state index contributed by atoms with van der Waals surface area (Å²) in [4.78, 5) is 7.84. The maximum absolute atomic E-state index is 5.98. The van der Waals surface area contributed by atoms with Crippen LogP contribution < -0.4 is 10.5 Å². The minimum Gasteiger partial charge on any atom is -0.472 e. The van der Waals surface area contributed by atoms with E-state index in [1.54, 1.807) is 0 Å². The Bertz CT molecular complexity index is 490. The molecule has 0 unspecified atom stereocenters. The third kappa shape index (κ3) is 2.61. The molecule has 5 heteroatoms. The molecule has 0 spiro atoms. The molecular weight excluding hydrogens is 226 g/mol. The van der Waals surface area contributed by atoms with Crippen molar-refractivity contribution in [3.05, 3.63) is 47.2 Å². The van der Waals surface area contributed by atoms with Crippen LogP contribution in [0.1, 0.15) is 5.56 Å². The van der Waals surface area contributed by atoms with Gasteiger partial charge in [-0.05, 0) is 6.07 Å². The molecule has 0 fully saturated rings. The first-order chi connectivity index (χ1) is 7.75. The van der Waals surface area contributed by atoms with Crippen LogP contribution in [0.3, 0.4) is 0 Å². The van der Waals surface area contributed by atoms with Crippen LogP contribution in [-0.2, 0) is 6.61 Å². The lowest BCUT2D eigenvalue weighted by molar-refractivity contribution is 0.293.